The van der Waals surface area contributed by atoms with Crippen LogP contribution in [0.4, 0.5) is 0 Å². The Kier molecular flexibility index (Phi) is 8.32. The largest absolute Gasteiger partial charge is 0.507 e. The number of rotatable bonds is 6. The van der Waals surface area contributed by atoms with Crippen LogP contribution in [0, 0.1) is 0 Å². The van der Waals surface area contributed by atoms with Crippen LogP contribution in [-0.4, -0.2) is 45.6 Å². The molecule has 0 aromatic heterocycles. The fourth-order valence-corrected chi connectivity index (χ4v) is 6.76. The summed E-state index contributed by atoms with van der Waals surface area (Å²) in [5.74, 6) is -0.363. The summed E-state index contributed by atoms with van der Waals surface area (Å²) < 4.78 is 6.15. The molecular formula is C36H40N2O4S. The number of ether oxygens (including phenoxy) is 1. The Labute approximate surface area is 258 Å². The fourth-order valence-electron chi connectivity index (χ4n) is 5.59. The number of nitrogens with zero attached hydrogens (tertiary/aromatic N) is 2. The number of phenolic OH excluding ortho intramolecular Hbond substituents is 1. The summed E-state index contributed by atoms with van der Waals surface area (Å²) in [6, 6.07) is 21.7. The van der Waals surface area contributed by atoms with Gasteiger partial charge in [-0.3, -0.25) is 9.79 Å². The molecule has 7 heteroatoms. The van der Waals surface area contributed by atoms with Crippen molar-refractivity contribution < 1.29 is 19.4 Å². The molecule has 2 aliphatic rings. The number of β-lactam (4-membered cyclic amide) rings is 1. The first-order valence-electron chi connectivity index (χ1n) is 14.6. The summed E-state index contributed by atoms with van der Waals surface area (Å²) in [5.41, 5.74) is 4.45. The van der Waals surface area contributed by atoms with Gasteiger partial charge in [-0.25, -0.2) is 4.79 Å². The highest BCUT2D eigenvalue weighted by Crippen LogP contribution is 2.43. The molecule has 2 aliphatic heterocycles. The molecule has 0 bridgehead atoms. The smallest absolute Gasteiger partial charge is 0.334 e. The van der Waals surface area contributed by atoms with Crippen LogP contribution in [0.15, 0.2) is 88.8 Å². The Morgan fingerprint density at radius 3 is 1.93 bits per heavy atom. The second kappa shape index (κ2) is 11.7. The summed E-state index contributed by atoms with van der Waals surface area (Å²) in [7, 11) is 0. The van der Waals surface area contributed by atoms with Crippen LogP contribution in [0.2, 0.25) is 0 Å². The van der Waals surface area contributed by atoms with Crippen molar-refractivity contribution in [2.45, 2.75) is 82.9 Å². The lowest BCUT2D eigenvalue weighted by Crippen LogP contribution is -2.68. The van der Waals surface area contributed by atoms with E-state index in [1.165, 1.54) is 11.8 Å². The molecule has 0 saturated carbocycles. The minimum atomic E-state index is -0.811. The number of phenols is 1. The topological polar surface area (TPSA) is 79.2 Å². The number of aromatic hydroxyl groups is 1. The van der Waals surface area contributed by atoms with E-state index in [0.29, 0.717) is 5.75 Å². The summed E-state index contributed by atoms with van der Waals surface area (Å²) >= 11 is 1.50. The summed E-state index contributed by atoms with van der Waals surface area (Å²) in [5, 5.41) is 12.7. The maximum atomic E-state index is 13.8. The van der Waals surface area contributed by atoms with Gasteiger partial charge in [-0.1, -0.05) is 102 Å². The minimum Gasteiger partial charge on any atom is -0.507 e. The molecule has 6 nitrogen and oxygen atoms in total. The molecule has 43 heavy (non-hydrogen) atoms. The number of carbonyl (C=O) groups is 2. The van der Waals surface area contributed by atoms with Crippen LogP contribution in [0.1, 0.15) is 82.4 Å². The molecule has 3 aromatic rings. The van der Waals surface area contributed by atoms with Crippen LogP contribution < -0.4 is 0 Å². The van der Waals surface area contributed by atoms with Crippen molar-refractivity contribution >= 4 is 29.9 Å². The number of hydrogen-bond donors (Lipinski definition) is 1. The number of benzene rings is 3. The van der Waals surface area contributed by atoms with E-state index in [-0.39, 0.29) is 22.1 Å². The molecule has 2 heterocycles. The number of fused-ring (bicyclic) bond motifs is 1. The molecule has 1 amide bonds. The first kappa shape index (κ1) is 30.6. The van der Waals surface area contributed by atoms with E-state index in [9.17, 15) is 14.7 Å². The van der Waals surface area contributed by atoms with E-state index in [4.69, 9.17) is 9.73 Å². The Bertz CT molecular complexity index is 1490. The highest BCUT2D eigenvalue weighted by Gasteiger charge is 2.55. The third kappa shape index (κ3) is 6.14. The number of esters is 1. The zero-order valence-electron chi connectivity index (χ0n) is 25.9. The number of thioether (sulfide) groups is 1. The molecule has 1 fully saturated rings. The predicted octanol–water partition coefficient (Wildman–Crippen LogP) is 7.30. The zero-order chi connectivity index (χ0) is 31.1. The van der Waals surface area contributed by atoms with Gasteiger partial charge >= 0.3 is 5.97 Å². The molecule has 0 spiro atoms. The van der Waals surface area contributed by atoms with Crippen LogP contribution in [0.25, 0.3) is 0 Å². The van der Waals surface area contributed by atoms with Crippen LogP contribution in [0.5, 0.6) is 5.75 Å². The Balaban J connectivity index is 1.39. The fraction of sp³-hybridized carbons (Fsp3) is 0.361. The summed E-state index contributed by atoms with van der Waals surface area (Å²) in [6.07, 6.45) is 1.13. The predicted molar refractivity (Wildman–Crippen MR) is 173 cm³/mol. The van der Waals surface area contributed by atoms with Crippen LogP contribution >= 0.6 is 11.8 Å². The highest BCUT2D eigenvalue weighted by atomic mass is 32.2. The van der Waals surface area contributed by atoms with Gasteiger partial charge in [0.25, 0.3) is 5.91 Å². The normalized spacial score (nSPS) is 20.6. The molecule has 5 rings (SSSR count). The maximum absolute atomic E-state index is 13.8. The molecular weight excluding hydrogens is 556 g/mol. The SMILES string of the molecule is CC1=CS[C@H]2[C@H](N=Cc3cc(C(C)(C)C)c(O)c(C(C)(C)C)c3)C(=O)N2C1C(=O)OC(c1ccccc1)c1ccccc1. The van der Waals surface area contributed by atoms with Crippen molar-refractivity contribution in [2.24, 2.45) is 4.99 Å². The molecule has 1 N–H and O–H groups in total. The van der Waals surface area contributed by atoms with Gasteiger partial charge in [-0.2, -0.15) is 0 Å². The standard InChI is InChI=1S/C36H40N2O4S/c1-22-21-43-33-28(37-20-23-18-26(35(2,3)4)30(39)27(19-23)36(5,6)7)32(40)38(33)29(22)34(41)42-31(24-14-10-8-11-15-24)25-16-12-9-13-17-25/h8-21,28-29,31,33,39H,1-7H3/t28-,29?,33+/m1/s1. The van der Waals surface area contributed by atoms with Crippen molar-refractivity contribution in [2.75, 3.05) is 0 Å². The Morgan fingerprint density at radius 1 is 0.930 bits per heavy atom. The average Bonchev–Trinajstić information content (AvgIpc) is 2.96. The molecule has 0 radical (unpaired) electrons. The van der Waals surface area contributed by atoms with Crippen molar-refractivity contribution in [1.29, 1.82) is 0 Å². The third-order valence-electron chi connectivity index (χ3n) is 7.95. The van der Waals surface area contributed by atoms with Gasteiger partial charge in [0.15, 0.2) is 18.2 Å². The van der Waals surface area contributed by atoms with E-state index < -0.39 is 24.2 Å². The van der Waals surface area contributed by atoms with Crippen LogP contribution in [0.3, 0.4) is 0 Å². The Hall–Kier alpha value is -3.84. The maximum Gasteiger partial charge on any atom is 0.334 e. The van der Waals surface area contributed by atoms with Crippen molar-refractivity contribution in [3.63, 3.8) is 0 Å². The van der Waals surface area contributed by atoms with Crippen molar-refractivity contribution in [3.8, 4) is 5.75 Å². The molecule has 224 valence electrons. The van der Waals surface area contributed by atoms with Gasteiger partial charge in [0.2, 0.25) is 0 Å². The van der Waals surface area contributed by atoms with Gasteiger partial charge in [-0.05, 0) is 57.6 Å². The minimum absolute atomic E-state index is 0.204. The molecule has 1 unspecified atom stereocenters. The number of hydrogen-bond acceptors (Lipinski definition) is 6. The van der Waals surface area contributed by atoms with Gasteiger partial charge in [-0.15, -0.1) is 11.8 Å². The molecule has 3 atom stereocenters. The van der Waals surface area contributed by atoms with E-state index in [0.717, 1.165) is 33.4 Å². The second-order valence-corrected chi connectivity index (χ2v) is 14.4. The number of carbonyl (C=O) groups excluding carboxylic acids is 2. The highest BCUT2D eigenvalue weighted by molar-refractivity contribution is 8.02. The van der Waals surface area contributed by atoms with E-state index in [1.54, 1.807) is 11.1 Å². The Morgan fingerprint density at radius 2 is 1.44 bits per heavy atom. The average molecular weight is 597 g/mol. The van der Waals surface area contributed by atoms with E-state index in [2.05, 4.69) is 41.5 Å². The second-order valence-electron chi connectivity index (χ2n) is 13.4. The number of amides is 1. The van der Waals surface area contributed by atoms with Gasteiger partial charge < -0.3 is 14.7 Å². The first-order chi connectivity index (χ1) is 20.3. The molecule has 1 saturated heterocycles. The molecule has 0 aliphatic carbocycles. The van der Waals surface area contributed by atoms with Crippen molar-refractivity contribution in [3.05, 3.63) is 112 Å². The van der Waals surface area contributed by atoms with Gasteiger partial charge in [0.1, 0.15) is 11.1 Å². The quantitative estimate of drug-likeness (QED) is 0.184. The number of aliphatic imine (C=N–C) groups is 1. The lowest BCUT2D eigenvalue weighted by Gasteiger charge is -2.50. The van der Waals surface area contributed by atoms with Crippen molar-refractivity contribution in [1.82, 2.24) is 4.90 Å². The molecule has 3 aromatic carbocycles. The van der Waals surface area contributed by atoms with Gasteiger partial charge in [0.05, 0.1) is 0 Å². The lowest BCUT2D eigenvalue weighted by atomic mass is 9.78. The monoisotopic (exact) mass is 596 g/mol. The lowest BCUT2D eigenvalue weighted by molar-refractivity contribution is -0.163. The summed E-state index contributed by atoms with van der Waals surface area (Å²) in [4.78, 5) is 33.6. The van der Waals surface area contributed by atoms with Crippen LogP contribution in [-0.2, 0) is 25.2 Å². The first-order valence-corrected chi connectivity index (χ1v) is 15.6. The van der Waals surface area contributed by atoms with E-state index >= 15 is 0 Å². The third-order valence-corrected chi connectivity index (χ3v) is 9.22. The summed E-state index contributed by atoms with van der Waals surface area (Å²) in [6.45, 7) is 14.2. The van der Waals surface area contributed by atoms with Gasteiger partial charge in [0, 0.05) is 17.3 Å². The zero-order valence-corrected chi connectivity index (χ0v) is 26.7. The van der Waals surface area contributed by atoms with E-state index in [1.807, 2.05) is 85.1 Å².